The van der Waals surface area contributed by atoms with Crippen molar-refractivity contribution in [3.63, 3.8) is 0 Å². The number of nitrogens with zero attached hydrogens (tertiary/aromatic N) is 4. The van der Waals surface area contributed by atoms with Crippen molar-refractivity contribution in [1.29, 1.82) is 0 Å². The summed E-state index contributed by atoms with van der Waals surface area (Å²) in [7, 11) is 0. The van der Waals surface area contributed by atoms with E-state index in [2.05, 4.69) is 20.5 Å². The van der Waals surface area contributed by atoms with Crippen molar-refractivity contribution in [2.45, 2.75) is 0 Å². The maximum atomic E-state index is 10.1. The summed E-state index contributed by atoms with van der Waals surface area (Å²) in [5, 5.41) is 40.7. The number of azo groups is 2. The minimum absolute atomic E-state index is 0.216. The third-order valence-electron chi connectivity index (χ3n) is 6.21. The second kappa shape index (κ2) is 10.4. The standard InChI is InChI=1S/C32H22N4O3/c37-31-19-17-29(25-5-1-3-7-27(25)31)35-33-21-9-13-23(14-10-21)39-24-15-11-22(12-16-24)34-36-30-18-20-32(38)28-8-4-2-6-26(28)30/h1-20,37-38H. The molecule has 0 unspecified atom stereocenters. The molecule has 0 atom stereocenters. The Kier molecular flexibility index (Phi) is 6.37. The van der Waals surface area contributed by atoms with Crippen LogP contribution in [-0.4, -0.2) is 10.2 Å². The molecule has 6 aromatic rings. The van der Waals surface area contributed by atoms with E-state index in [9.17, 15) is 10.2 Å². The van der Waals surface area contributed by atoms with Crippen LogP contribution in [-0.2, 0) is 0 Å². The van der Waals surface area contributed by atoms with Crippen molar-refractivity contribution >= 4 is 44.3 Å². The number of hydrogen-bond acceptors (Lipinski definition) is 7. The van der Waals surface area contributed by atoms with E-state index in [1.165, 1.54) is 0 Å². The Labute approximate surface area is 224 Å². The molecule has 188 valence electrons. The zero-order valence-electron chi connectivity index (χ0n) is 20.6. The third-order valence-corrected chi connectivity index (χ3v) is 6.21. The highest BCUT2D eigenvalue weighted by molar-refractivity contribution is 5.97. The van der Waals surface area contributed by atoms with Crippen molar-refractivity contribution in [2.75, 3.05) is 0 Å². The van der Waals surface area contributed by atoms with Crippen LogP contribution in [0.15, 0.2) is 142 Å². The smallest absolute Gasteiger partial charge is 0.127 e. The largest absolute Gasteiger partial charge is 0.507 e. The molecule has 6 aromatic carbocycles. The van der Waals surface area contributed by atoms with Crippen LogP contribution in [0.1, 0.15) is 0 Å². The van der Waals surface area contributed by atoms with E-state index in [1.54, 1.807) is 24.3 Å². The van der Waals surface area contributed by atoms with Crippen LogP contribution in [0.3, 0.4) is 0 Å². The highest BCUT2D eigenvalue weighted by Crippen LogP contribution is 2.35. The molecule has 0 amide bonds. The van der Waals surface area contributed by atoms with Gasteiger partial charge in [-0.05, 0) is 72.8 Å². The second-order valence-electron chi connectivity index (χ2n) is 8.79. The third kappa shape index (κ3) is 5.14. The topological polar surface area (TPSA) is 99.1 Å². The molecule has 0 radical (unpaired) electrons. The van der Waals surface area contributed by atoms with Gasteiger partial charge >= 0.3 is 0 Å². The monoisotopic (exact) mass is 510 g/mol. The number of aromatic hydroxyl groups is 2. The fourth-order valence-electron chi connectivity index (χ4n) is 4.23. The van der Waals surface area contributed by atoms with Crippen LogP contribution in [0.2, 0.25) is 0 Å². The van der Waals surface area contributed by atoms with E-state index in [1.807, 2.05) is 97.1 Å². The lowest BCUT2D eigenvalue weighted by molar-refractivity contribution is 0.481. The Morgan fingerprint density at radius 3 is 1.18 bits per heavy atom. The maximum Gasteiger partial charge on any atom is 0.127 e. The predicted molar refractivity (Wildman–Crippen MR) is 153 cm³/mol. The summed E-state index contributed by atoms with van der Waals surface area (Å²) >= 11 is 0. The first-order chi connectivity index (χ1) is 19.1. The summed E-state index contributed by atoms with van der Waals surface area (Å²) in [5.74, 6) is 1.75. The van der Waals surface area contributed by atoms with Gasteiger partial charge in [0, 0.05) is 21.5 Å². The molecular formula is C32H22N4O3. The summed E-state index contributed by atoms with van der Waals surface area (Å²) < 4.78 is 5.96. The van der Waals surface area contributed by atoms with E-state index in [0.29, 0.717) is 34.2 Å². The zero-order valence-corrected chi connectivity index (χ0v) is 20.6. The van der Waals surface area contributed by atoms with Gasteiger partial charge in [-0.15, -0.1) is 10.2 Å². The summed E-state index contributed by atoms with van der Waals surface area (Å²) in [6.07, 6.45) is 0. The van der Waals surface area contributed by atoms with Gasteiger partial charge in [-0.2, -0.15) is 10.2 Å². The average molecular weight is 511 g/mol. The quantitative estimate of drug-likeness (QED) is 0.218. The van der Waals surface area contributed by atoms with Crippen LogP contribution < -0.4 is 4.74 Å². The molecule has 2 N–H and O–H groups in total. The zero-order chi connectivity index (χ0) is 26.6. The highest BCUT2D eigenvalue weighted by atomic mass is 16.5. The Bertz CT molecular complexity index is 1710. The number of fused-ring (bicyclic) bond motifs is 2. The molecule has 6 rings (SSSR count). The van der Waals surface area contributed by atoms with Gasteiger partial charge in [-0.3, -0.25) is 0 Å². The molecule has 0 saturated carbocycles. The summed E-state index contributed by atoms with van der Waals surface area (Å²) in [6, 6.07) is 36.4. The maximum absolute atomic E-state index is 10.1. The number of rotatable bonds is 6. The molecule has 0 spiro atoms. The molecular weight excluding hydrogens is 488 g/mol. The Balaban J connectivity index is 1.12. The Hall–Kier alpha value is -5.56. The normalized spacial score (nSPS) is 11.6. The molecule has 0 fully saturated rings. The first-order valence-corrected chi connectivity index (χ1v) is 12.3. The second-order valence-corrected chi connectivity index (χ2v) is 8.79. The molecule has 7 nitrogen and oxygen atoms in total. The number of hydrogen-bond donors (Lipinski definition) is 2. The SMILES string of the molecule is Oc1ccc(N=Nc2ccc(Oc3ccc(N=Nc4ccc(O)c5ccccc45)cc3)cc2)c2ccccc12. The highest BCUT2D eigenvalue weighted by Gasteiger charge is 2.06. The van der Waals surface area contributed by atoms with E-state index in [0.717, 1.165) is 21.5 Å². The molecule has 39 heavy (non-hydrogen) atoms. The van der Waals surface area contributed by atoms with Gasteiger partial charge in [0.1, 0.15) is 23.0 Å². The minimum atomic E-state index is 0.216. The number of phenolic OH excluding ortho intramolecular Hbond substituents is 2. The van der Waals surface area contributed by atoms with Gasteiger partial charge in [0.25, 0.3) is 0 Å². The number of ether oxygens (including phenoxy) is 1. The van der Waals surface area contributed by atoms with Gasteiger partial charge in [0.2, 0.25) is 0 Å². The van der Waals surface area contributed by atoms with Crippen molar-refractivity contribution in [1.82, 2.24) is 0 Å². The van der Waals surface area contributed by atoms with Gasteiger partial charge in [-0.1, -0.05) is 48.5 Å². The predicted octanol–water partition coefficient (Wildman–Crippen LogP) is 10.0. The molecule has 0 aliphatic rings. The van der Waals surface area contributed by atoms with Crippen molar-refractivity contribution in [2.24, 2.45) is 20.5 Å². The first-order valence-electron chi connectivity index (χ1n) is 12.3. The van der Waals surface area contributed by atoms with Crippen molar-refractivity contribution < 1.29 is 14.9 Å². The first kappa shape index (κ1) is 23.8. The fourth-order valence-corrected chi connectivity index (χ4v) is 4.23. The van der Waals surface area contributed by atoms with E-state index in [-0.39, 0.29) is 11.5 Å². The molecule has 7 heteroatoms. The van der Waals surface area contributed by atoms with Crippen LogP contribution in [0, 0.1) is 0 Å². The van der Waals surface area contributed by atoms with Crippen LogP contribution in [0.4, 0.5) is 22.7 Å². The van der Waals surface area contributed by atoms with Gasteiger partial charge in [-0.25, -0.2) is 0 Å². The van der Waals surface area contributed by atoms with Gasteiger partial charge < -0.3 is 14.9 Å². The molecule has 0 aromatic heterocycles. The molecule has 0 bridgehead atoms. The number of phenols is 2. The number of benzene rings is 6. The molecule has 0 saturated heterocycles. The summed E-state index contributed by atoms with van der Waals surface area (Å²) in [4.78, 5) is 0. The van der Waals surface area contributed by atoms with Crippen molar-refractivity contribution in [3.8, 4) is 23.0 Å². The molecule has 0 aliphatic carbocycles. The lowest BCUT2D eigenvalue weighted by Gasteiger charge is -2.06. The van der Waals surface area contributed by atoms with E-state index < -0.39 is 0 Å². The van der Waals surface area contributed by atoms with Gasteiger partial charge in [0.05, 0.1) is 22.7 Å². The lowest BCUT2D eigenvalue weighted by Crippen LogP contribution is -1.82. The summed E-state index contributed by atoms with van der Waals surface area (Å²) in [5.41, 5.74) is 2.72. The van der Waals surface area contributed by atoms with Crippen LogP contribution in [0.25, 0.3) is 21.5 Å². The summed E-state index contributed by atoms with van der Waals surface area (Å²) in [6.45, 7) is 0. The van der Waals surface area contributed by atoms with Crippen molar-refractivity contribution in [3.05, 3.63) is 121 Å². The fraction of sp³-hybridized carbons (Fsp3) is 0. The Morgan fingerprint density at radius 1 is 0.385 bits per heavy atom. The Morgan fingerprint density at radius 2 is 0.769 bits per heavy atom. The minimum Gasteiger partial charge on any atom is -0.507 e. The average Bonchev–Trinajstić information content (AvgIpc) is 2.98. The molecule has 0 aliphatic heterocycles. The molecule has 0 heterocycles. The van der Waals surface area contributed by atoms with E-state index >= 15 is 0 Å². The van der Waals surface area contributed by atoms with E-state index in [4.69, 9.17) is 4.74 Å². The van der Waals surface area contributed by atoms with Crippen LogP contribution >= 0.6 is 0 Å². The lowest BCUT2D eigenvalue weighted by atomic mass is 10.1. The van der Waals surface area contributed by atoms with Crippen LogP contribution in [0.5, 0.6) is 23.0 Å². The van der Waals surface area contributed by atoms with Gasteiger partial charge in [0.15, 0.2) is 0 Å².